The Bertz CT molecular complexity index is 241. The summed E-state index contributed by atoms with van der Waals surface area (Å²) in [5, 5.41) is 9.00. The normalized spacial score (nSPS) is 26.4. The van der Waals surface area contributed by atoms with Crippen molar-refractivity contribution in [1.82, 2.24) is 4.90 Å². The monoisotopic (exact) mass is 201 g/mol. The number of amides is 1. The quantitative estimate of drug-likeness (QED) is 0.613. The number of ether oxygens (including phenoxy) is 1. The standard InChI is InChI=1S/C9H15NO4/c1-6(12)10-4-9(14-7(2)13)3-8(10)5-11/h8-9,11H,3-5H2,1-2H3/t8-,9+/m0/s1. The summed E-state index contributed by atoms with van der Waals surface area (Å²) in [4.78, 5) is 23.3. The first-order chi connectivity index (χ1) is 6.54. The highest BCUT2D eigenvalue weighted by Crippen LogP contribution is 2.20. The van der Waals surface area contributed by atoms with Gasteiger partial charge >= 0.3 is 5.97 Å². The fourth-order valence-electron chi connectivity index (χ4n) is 1.75. The van der Waals surface area contributed by atoms with E-state index in [1.807, 2.05) is 0 Å². The first-order valence-corrected chi connectivity index (χ1v) is 4.60. The van der Waals surface area contributed by atoms with Crippen molar-refractivity contribution in [2.24, 2.45) is 0 Å². The number of esters is 1. The Kier molecular flexibility index (Phi) is 3.46. The van der Waals surface area contributed by atoms with E-state index in [4.69, 9.17) is 9.84 Å². The topological polar surface area (TPSA) is 66.8 Å². The lowest BCUT2D eigenvalue weighted by Gasteiger charge is -2.20. The van der Waals surface area contributed by atoms with Crippen LogP contribution < -0.4 is 0 Å². The van der Waals surface area contributed by atoms with Crippen molar-refractivity contribution >= 4 is 11.9 Å². The number of aliphatic hydroxyl groups excluding tert-OH is 1. The summed E-state index contributed by atoms with van der Waals surface area (Å²) in [5.74, 6) is -0.448. The van der Waals surface area contributed by atoms with Crippen molar-refractivity contribution in [2.45, 2.75) is 32.4 Å². The number of aliphatic hydroxyl groups is 1. The molecule has 1 rings (SSSR count). The van der Waals surface area contributed by atoms with E-state index < -0.39 is 0 Å². The van der Waals surface area contributed by atoms with Crippen LogP contribution in [0.5, 0.6) is 0 Å². The van der Waals surface area contributed by atoms with Crippen molar-refractivity contribution in [3.05, 3.63) is 0 Å². The van der Waals surface area contributed by atoms with Gasteiger partial charge < -0.3 is 14.7 Å². The second kappa shape index (κ2) is 4.41. The van der Waals surface area contributed by atoms with Crippen LogP contribution in [0.2, 0.25) is 0 Å². The van der Waals surface area contributed by atoms with Crippen molar-refractivity contribution in [3.8, 4) is 0 Å². The molecule has 0 radical (unpaired) electrons. The number of carbonyl (C=O) groups is 2. The second-order valence-corrected chi connectivity index (χ2v) is 3.47. The van der Waals surface area contributed by atoms with Crippen LogP contribution in [0.1, 0.15) is 20.3 Å². The smallest absolute Gasteiger partial charge is 0.302 e. The molecule has 14 heavy (non-hydrogen) atoms. The van der Waals surface area contributed by atoms with Gasteiger partial charge in [-0.05, 0) is 0 Å². The van der Waals surface area contributed by atoms with Crippen LogP contribution in [0.4, 0.5) is 0 Å². The fourth-order valence-corrected chi connectivity index (χ4v) is 1.75. The van der Waals surface area contributed by atoms with Gasteiger partial charge in [-0.3, -0.25) is 9.59 Å². The lowest BCUT2D eigenvalue weighted by molar-refractivity contribution is -0.146. The highest BCUT2D eigenvalue weighted by molar-refractivity contribution is 5.74. The zero-order valence-electron chi connectivity index (χ0n) is 8.40. The van der Waals surface area contributed by atoms with Crippen LogP contribution in [0.3, 0.4) is 0 Å². The average molecular weight is 201 g/mol. The third-order valence-electron chi connectivity index (χ3n) is 2.32. The molecule has 1 aliphatic rings. The van der Waals surface area contributed by atoms with Gasteiger partial charge in [-0.25, -0.2) is 0 Å². The number of nitrogens with zero attached hydrogens (tertiary/aromatic N) is 1. The van der Waals surface area contributed by atoms with Crippen LogP contribution in [-0.2, 0) is 14.3 Å². The molecule has 1 aliphatic heterocycles. The van der Waals surface area contributed by atoms with Gasteiger partial charge in [-0.15, -0.1) is 0 Å². The zero-order chi connectivity index (χ0) is 10.7. The molecule has 0 aromatic rings. The molecule has 5 heteroatoms. The third kappa shape index (κ3) is 2.45. The summed E-state index contributed by atoms with van der Waals surface area (Å²) >= 11 is 0. The summed E-state index contributed by atoms with van der Waals surface area (Å²) in [6.07, 6.45) is 0.254. The molecule has 1 N–H and O–H groups in total. The third-order valence-corrected chi connectivity index (χ3v) is 2.32. The molecule has 0 unspecified atom stereocenters. The highest BCUT2D eigenvalue weighted by Gasteiger charge is 2.34. The Hall–Kier alpha value is -1.10. The summed E-state index contributed by atoms with van der Waals surface area (Å²) in [6, 6.07) is -0.211. The maximum absolute atomic E-state index is 11.1. The minimum Gasteiger partial charge on any atom is -0.461 e. The van der Waals surface area contributed by atoms with Gasteiger partial charge in [0.05, 0.1) is 19.2 Å². The summed E-state index contributed by atoms with van der Waals surface area (Å²) in [6.45, 7) is 3.08. The van der Waals surface area contributed by atoms with Crippen LogP contribution in [0.25, 0.3) is 0 Å². The molecule has 2 atom stereocenters. The van der Waals surface area contributed by atoms with E-state index in [-0.39, 0.29) is 30.6 Å². The molecular weight excluding hydrogens is 186 g/mol. The minimum absolute atomic E-state index is 0.0860. The molecule has 1 amide bonds. The highest BCUT2D eigenvalue weighted by atomic mass is 16.5. The van der Waals surface area contributed by atoms with Crippen molar-refractivity contribution in [1.29, 1.82) is 0 Å². The Morgan fingerprint density at radius 1 is 1.50 bits per heavy atom. The number of rotatable bonds is 2. The van der Waals surface area contributed by atoms with E-state index in [2.05, 4.69) is 0 Å². The molecule has 1 fully saturated rings. The molecular formula is C9H15NO4. The van der Waals surface area contributed by atoms with Crippen LogP contribution >= 0.6 is 0 Å². The molecule has 0 saturated carbocycles. The van der Waals surface area contributed by atoms with E-state index in [1.165, 1.54) is 18.7 Å². The Morgan fingerprint density at radius 2 is 2.14 bits per heavy atom. The van der Waals surface area contributed by atoms with Gasteiger partial charge in [0.25, 0.3) is 0 Å². The molecule has 0 bridgehead atoms. The summed E-state index contributed by atoms with van der Waals surface area (Å²) in [5.41, 5.74) is 0. The molecule has 0 aromatic heterocycles. The molecule has 1 saturated heterocycles. The molecule has 0 spiro atoms. The van der Waals surface area contributed by atoms with Gasteiger partial charge in [0.15, 0.2) is 0 Å². The minimum atomic E-state index is -0.350. The largest absolute Gasteiger partial charge is 0.461 e. The van der Waals surface area contributed by atoms with Crippen LogP contribution in [0, 0.1) is 0 Å². The van der Waals surface area contributed by atoms with E-state index in [1.54, 1.807) is 0 Å². The van der Waals surface area contributed by atoms with Crippen molar-refractivity contribution < 1.29 is 19.4 Å². The Labute approximate surface area is 82.6 Å². The predicted octanol–water partition coefficient (Wildman–Crippen LogP) is -0.469. The van der Waals surface area contributed by atoms with E-state index in [0.717, 1.165) is 0 Å². The number of likely N-dealkylation sites (tertiary alicyclic amines) is 1. The first kappa shape index (κ1) is 11.0. The molecule has 1 heterocycles. The first-order valence-electron chi connectivity index (χ1n) is 4.60. The summed E-state index contributed by atoms with van der Waals surface area (Å²) in [7, 11) is 0. The lowest BCUT2D eigenvalue weighted by Crippen LogP contribution is -2.36. The Morgan fingerprint density at radius 3 is 2.50 bits per heavy atom. The lowest BCUT2D eigenvalue weighted by atomic mass is 10.2. The van der Waals surface area contributed by atoms with Gasteiger partial charge in [0.1, 0.15) is 6.10 Å². The van der Waals surface area contributed by atoms with Gasteiger partial charge in [0.2, 0.25) is 5.91 Å². The van der Waals surface area contributed by atoms with E-state index >= 15 is 0 Å². The predicted molar refractivity (Wildman–Crippen MR) is 48.4 cm³/mol. The van der Waals surface area contributed by atoms with Crippen molar-refractivity contribution in [2.75, 3.05) is 13.2 Å². The zero-order valence-corrected chi connectivity index (χ0v) is 8.40. The Balaban J connectivity index is 2.56. The van der Waals surface area contributed by atoms with Crippen LogP contribution in [0.15, 0.2) is 0 Å². The molecule has 0 aliphatic carbocycles. The maximum Gasteiger partial charge on any atom is 0.302 e. The molecule has 80 valence electrons. The number of carbonyl (C=O) groups excluding carboxylic acids is 2. The van der Waals surface area contributed by atoms with Gasteiger partial charge in [-0.1, -0.05) is 0 Å². The van der Waals surface area contributed by atoms with Gasteiger partial charge in [0, 0.05) is 20.3 Å². The molecule has 0 aromatic carbocycles. The fraction of sp³-hybridized carbons (Fsp3) is 0.778. The molecule has 5 nitrogen and oxygen atoms in total. The van der Waals surface area contributed by atoms with E-state index in [0.29, 0.717) is 13.0 Å². The maximum atomic E-state index is 11.1. The average Bonchev–Trinajstić information content (AvgIpc) is 2.46. The van der Waals surface area contributed by atoms with Gasteiger partial charge in [-0.2, -0.15) is 0 Å². The SMILES string of the molecule is CC(=O)O[C@@H]1C[C@@H](CO)N(C(C)=O)C1. The number of hydrogen-bond acceptors (Lipinski definition) is 4. The van der Waals surface area contributed by atoms with E-state index in [9.17, 15) is 9.59 Å². The van der Waals surface area contributed by atoms with Crippen LogP contribution in [-0.4, -0.2) is 47.2 Å². The number of hydrogen-bond donors (Lipinski definition) is 1. The summed E-state index contributed by atoms with van der Waals surface area (Å²) < 4.78 is 4.98. The van der Waals surface area contributed by atoms with Crippen molar-refractivity contribution in [3.63, 3.8) is 0 Å². The second-order valence-electron chi connectivity index (χ2n) is 3.47.